The van der Waals surface area contributed by atoms with E-state index in [-0.39, 0.29) is 11.1 Å². The molecule has 8 heteroatoms. The summed E-state index contributed by atoms with van der Waals surface area (Å²) in [7, 11) is 0. The molecule has 0 atom stereocenters. The number of aliphatic carboxylic acids is 1. The molecular formula is C12H10N2O6. The number of carboxylic acids is 1. The molecule has 0 fully saturated rings. The van der Waals surface area contributed by atoms with Gasteiger partial charge in [0.05, 0.1) is 11.1 Å². The van der Waals surface area contributed by atoms with Gasteiger partial charge in [0.15, 0.2) is 0 Å². The van der Waals surface area contributed by atoms with E-state index in [0.717, 1.165) is 0 Å². The molecule has 3 amide bonds. The minimum Gasteiger partial charge on any atom is -0.480 e. The van der Waals surface area contributed by atoms with Gasteiger partial charge in [-0.3, -0.25) is 19.7 Å². The first-order chi connectivity index (χ1) is 9.47. The van der Waals surface area contributed by atoms with Crippen LogP contribution in [0.4, 0.5) is 5.69 Å². The molecule has 0 spiro atoms. The molecule has 1 aromatic carbocycles. The van der Waals surface area contributed by atoms with Crippen LogP contribution in [0.2, 0.25) is 0 Å². The molecule has 0 aliphatic carbocycles. The lowest BCUT2D eigenvalue weighted by Gasteiger charge is -2.06. The maximum atomic E-state index is 11.4. The zero-order valence-electron chi connectivity index (χ0n) is 10.1. The standard InChI is InChI=1S/C12H10N2O6/c15-9(4-20-5-10(16)17)13-6-1-2-7-8(3-6)12(19)14-11(7)18/h1-3H,4-5H2,(H,13,15)(H,16,17)(H,14,18,19). The average Bonchev–Trinajstić information content (AvgIpc) is 2.64. The number of carbonyl (C=O) groups is 4. The minimum absolute atomic E-state index is 0.180. The lowest BCUT2D eigenvalue weighted by Crippen LogP contribution is -2.21. The largest absolute Gasteiger partial charge is 0.480 e. The van der Waals surface area contributed by atoms with Gasteiger partial charge in [-0.2, -0.15) is 0 Å². The fourth-order valence-electron chi connectivity index (χ4n) is 1.67. The van der Waals surface area contributed by atoms with Gasteiger partial charge in [0.25, 0.3) is 11.8 Å². The zero-order valence-corrected chi connectivity index (χ0v) is 10.1. The molecule has 0 saturated heterocycles. The number of carbonyl (C=O) groups excluding carboxylic acids is 3. The second-order valence-electron chi connectivity index (χ2n) is 3.98. The lowest BCUT2D eigenvalue weighted by atomic mass is 10.1. The smallest absolute Gasteiger partial charge is 0.329 e. The van der Waals surface area contributed by atoms with Gasteiger partial charge >= 0.3 is 5.97 Å². The van der Waals surface area contributed by atoms with Crippen molar-refractivity contribution in [1.29, 1.82) is 0 Å². The SMILES string of the molecule is O=C(O)COCC(=O)Nc1ccc2c(c1)C(=O)NC2=O. The number of carboxylic acid groups (broad SMARTS) is 1. The molecule has 0 unspecified atom stereocenters. The molecular weight excluding hydrogens is 268 g/mol. The van der Waals surface area contributed by atoms with E-state index in [1.807, 2.05) is 0 Å². The molecule has 0 aromatic heterocycles. The number of nitrogens with one attached hydrogen (secondary N) is 2. The van der Waals surface area contributed by atoms with E-state index >= 15 is 0 Å². The summed E-state index contributed by atoms with van der Waals surface area (Å²) in [6, 6.07) is 4.25. The molecule has 0 bridgehead atoms. The third-order valence-electron chi connectivity index (χ3n) is 2.48. The Hall–Kier alpha value is -2.74. The van der Waals surface area contributed by atoms with E-state index in [0.29, 0.717) is 5.69 Å². The molecule has 1 heterocycles. The van der Waals surface area contributed by atoms with E-state index in [2.05, 4.69) is 15.4 Å². The summed E-state index contributed by atoms with van der Waals surface area (Å²) in [5.74, 6) is -2.74. The van der Waals surface area contributed by atoms with E-state index < -0.39 is 36.9 Å². The van der Waals surface area contributed by atoms with Gasteiger partial charge in [0, 0.05) is 5.69 Å². The van der Waals surface area contributed by atoms with Crippen molar-refractivity contribution in [3.05, 3.63) is 29.3 Å². The number of hydrogen-bond acceptors (Lipinski definition) is 5. The minimum atomic E-state index is -1.18. The van der Waals surface area contributed by atoms with E-state index in [9.17, 15) is 19.2 Å². The highest BCUT2D eigenvalue weighted by Gasteiger charge is 2.26. The monoisotopic (exact) mass is 278 g/mol. The van der Waals surface area contributed by atoms with Gasteiger partial charge in [-0.25, -0.2) is 4.79 Å². The van der Waals surface area contributed by atoms with Crippen molar-refractivity contribution >= 4 is 29.4 Å². The van der Waals surface area contributed by atoms with Gasteiger partial charge < -0.3 is 15.2 Å². The van der Waals surface area contributed by atoms with Crippen molar-refractivity contribution in [2.45, 2.75) is 0 Å². The quantitative estimate of drug-likeness (QED) is 0.630. The van der Waals surface area contributed by atoms with Crippen LogP contribution in [0.15, 0.2) is 18.2 Å². The summed E-state index contributed by atoms with van der Waals surface area (Å²) in [4.78, 5) is 44.4. The summed E-state index contributed by atoms with van der Waals surface area (Å²) in [5, 5.41) is 12.9. The second kappa shape index (κ2) is 5.49. The highest BCUT2D eigenvalue weighted by atomic mass is 16.5. The Morgan fingerprint density at radius 2 is 1.85 bits per heavy atom. The molecule has 20 heavy (non-hydrogen) atoms. The lowest BCUT2D eigenvalue weighted by molar-refractivity contribution is -0.143. The molecule has 3 N–H and O–H groups in total. The summed E-state index contributed by atoms with van der Waals surface area (Å²) in [6.07, 6.45) is 0. The summed E-state index contributed by atoms with van der Waals surface area (Å²) in [5.41, 5.74) is 0.743. The van der Waals surface area contributed by atoms with Crippen LogP contribution < -0.4 is 10.6 Å². The Labute approximate surface area is 112 Å². The van der Waals surface area contributed by atoms with Crippen LogP contribution in [0.1, 0.15) is 20.7 Å². The van der Waals surface area contributed by atoms with Crippen LogP contribution in [0.5, 0.6) is 0 Å². The van der Waals surface area contributed by atoms with Crippen LogP contribution in [-0.2, 0) is 14.3 Å². The van der Waals surface area contributed by atoms with Crippen LogP contribution in [0.25, 0.3) is 0 Å². The van der Waals surface area contributed by atoms with Gasteiger partial charge in [-0.05, 0) is 18.2 Å². The van der Waals surface area contributed by atoms with Crippen LogP contribution in [0.3, 0.4) is 0 Å². The number of imide groups is 1. The van der Waals surface area contributed by atoms with Crippen molar-refractivity contribution in [1.82, 2.24) is 5.32 Å². The number of hydrogen-bond donors (Lipinski definition) is 3. The molecule has 1 aliphatic rings. The van der Waals surface area contributed by atoms with Crippen LogP contribution in [0, 0.1) is 0 Å². The number of fused-ring (bicyclic) bond motifs is 1. The van der Waals surface area contributed by atoms with Gasteiger partial charge in [0.2, 0.25) is 5.91 Å². The van der Waals surface area contributed by atoms with E-state index in [1.165, 1.54) is 18.2 Å². The average molecular weight is 278 g/mol. The Bertz CT molecular complexity index is 610. The highest BCUT2D eigenvalue weighted by Crippen LogP contribution is 2.20. The normalized spacial score (nSPS) is 12.8. The molecule has 8 nitrogen and oxygen atoms in total. The molecule has 2 rings (SSSR count). The van der Waals surface area contributed by atoms with E-state index in [4.69, 9.17) is 5.11 Å². The number of ether oxygens (including phenoxy) is 1. The fourth-order valence-corrected chi connectivity index (χ4v) is 1.67. The molecule has 104 valence electrons. The number of anilines is 1. The summed E-state index contributed by atoms with van der Waals surface area (Å²) >= 11 is 0. The number of rotatable bonds is 5. The Morgan fingerprint density at radius 1 is 1.15 bits per heavy atom. The predicted octanol–water partition coefficient (Wildman–Crippen LogP) is -0.390. The third-order valence-corrected chi connectivity index (χ3v) is 2.48. The summed E-state index contributed by atoms with van der Waals surface area (Å²) < 4.78 is 4.61. The molecule has 0 saturated carbocycles. The Kier molecular flexibility index (Phi) is 3.76. The Morgan fingerprint density at radius 3 is 2.55 bits per heavy atom. The molecule has 1 aromatic rings. The topological polar surface area (TPSA) is 122 Å². The maximum Gasteiger partial charge on any atom is 0.329 e. The zero-order chi connectivity index (χ0) is 14.7. The van der Waals surface area contributed by atoms with Crippen molar-refractivity contribution in [3.63, 3.8) is 0 Å². The highest BCUT2D eigenvalue weighted by molar-refractivity contribution is 6.22. The van der Waals surface area contributed by atoms with Crippen molar-refractivity contribution < 1.29 is 29.0 Å². The van der Waals surface area contributed by atoms with Crippen molar-refractivity contribution in [3.8, 4) is 0 Å². The van der Waals surface area contributed by atoms with Gasteiger partial charge in [0.1, 0.15) is 13.2 Å². The first kappa shape index (κ1) is 13.7. The van der Waals surface area contributed by atoms with Gasteiger partial charge in [-0.1, -0.05) is 0 Å². The van der Waals surface area contributed by atoms with Gasteiger partial charge in [-0.15, -0.1) is 0 Å². The third kappa shape index (κ3) is 2.98. The summed E-state index contributed by atoms with van der Waals surface area (Å²) in [6.45, 7) is -0.997. The molecule has 0 radical (unpaired) electrons. The van der Waals surface area contributed by atoms with Crippen molar-refractivity contribution in [2.75, 3.05) is 18.5 Å². The second-order valence-corrected chi connectivity index (χ2v) is 3.98. The first-order valence-corrected chi connectivity index (χ1v) is 5.56. The van der Waals surface area contributed by atoms with Crippen molar-refractivity contribution in [2.24, 2.45) is 0 Å². The van der Waals surface area contributed by atoms with Crippen LogP contribution >= 0.6 is 0 Å². The molecule has 1 aliphatic heterocycles. The Balaban J connectivity index is 1.99. The predicted molar refractivity (Wildman–Crippen MR) is 65.3 cm³/mol. The fraction of sp³-hybridized carbons (Fsp3) is 0.167. The first-order valence-electron chi connectivity index (χ1n) is 5.56. The van der Waals surface area contributed by atoms with E-state index in [1.54, 1.807) is 0 Å². The van der Waals surface area contributed by atoms with Crippen LogP contribution in [-0.4, -0.2) is 42.0 Å². The maximum absolute atomic E-state index is 11.4. The number of amides is 3. The number of benzene rings is 1.